The Morgan fingerprint density at radius 2 is 2.08 bits per heavy atom. The van der Waals surface area contributed by atoms with Crippen molar-refractivity contribution >= 4 is 0 Å². The van der Waals surface area contributed by atoms with Crippen molar-refractivity contribution in [2.75, 3.05) is 13.1 Å². The molecule has 1 aromatic carbocycles. The summed E-state index contributed by atoms with van der Waals surface area (Å²) in [5.41, 5.74) is 1.43. The molecule has 0 spiro atoms. The number of benzene rings is 1. The fourth-order valence-electron chi connectivity index (χ4n) is 2.33. The van der Waals surface area contributed by atoms with Gasteiger partial charge in [-0.3, -0.25) is 4.84 Å². The van der Waals surface area contributed by atoms with E-state index < -0.39 is 0 Å². The average Bonchev–Trinajstić information content (AvgIpc) is 2.80. The van der Waals surface area contributed by atoms with Gasteiger partial charge in [0.05, 0.1) is 6.10 Å². The molecular weight excluding hydrogens is 162 g/mol. The van der Waals surface area contributed by atoms with E-state index in [1.54, 1.807) is 0 Å². The molecule has 2 nitrogen and oxygen atoms in total. The Balaban J connectivity index is 1.87. The highest BCUT2D eigenvalue weighted by molar-refractivity contribution is 5.22. The Bertz CT molecular complexity index is 298. The lowest BCUT2D eigenvalue weighted by Crippen LogP contribution is -2.23. The summed E-state index contributed by atoms with van der Waals surface area (Å²) in [6.07, 6.45) is 1.64. The van der Waals surface area contributed by atoms with Gasteiger partial charge < -0.3 is 0 Å². The summed E-state index contributed by atoms with van der Waals surface area (Å²) in [5, 5.41) is 2.10. The van der Waals surface area contributed by atoms with Gasteiger partial charge in [0.25, 0.3) is 0 Å². The predicted octanol–water partition coefficient (Wildman–Crippen LogP) is 1.79. The molecule has 0 amide bonds. The van der Waals surface area contributed by atoms with Gasteiger partial charge in [-0.25, -0.2) is 0 Å². The van der Waals surface area contributed by atoms with Crippen molar-refractivity contribution in [3.05, 3.63) is 35.9 Å². The van der Waals surface area contributed by atoms with Crippen LogP contribution in [0.25, 0.3) is 0 Å². The molecule has 2 bridgehead atoms. The van der Waals surface area contributed by atoms with Crippen molar-refractivity contribution in [1.29, 1.82) is 0 Å². The van der Waals surface area contributed by atoms with Crippen LogP contribution in [0.4, 0.5) is 0 Å². The second-order valence-electron chi connectivity index (χ2n) is 3.84. The molecule has 2 fully saturated rings. The van der Waals surface area contributed by atoms with Crippen molar-refractivity contribution in [1.82, 2.24) is 5.06 Å². The Labute approximate surface area is 78.1 Å². The molecule has 3 atom stereocenters. The van der Waals surface area contributed by atoms with E-state index in [1.165, 1.54) is 12.0 Å². The van der Waals surface area contributed by atoms with Crippen LogP contribution >= 0.6 is 0 Å². The molecule has 68 valence electrons. The standard InChI is InChI=1S/C11H13NO/c1-2-4-9(5-3-1)10-8-12-7-6-11(10)13-12/h1-5,10-11H,6-8H2. The van der Waals surface area contributed by atoms with E-state index in [4.69, 9.17) is 4.84 Å². The zero-order valence-corrected chi connectivity index (χ0v) is 7.52. The fraction of sp³-hybridized carbons (Fsp3) is 0.455. The molecule has 13 heavy (non-hydrogen) atoms. The average molecular weight is 175 g/mol. The van der Waals surface area contributed by atoms with Gasteiger partial charge in [-0.05, 0) is 12.0 Å². The minimum Gasteiger partial charge on any atom is -0.295 e. The van der Waals surface area contributed by atoms with E-state index in [2.05, 4.69) is 35.4 Å². The van der Waals surface area contributed by atoms with Crippen LogP contribution in [0.2, 0.25) is 0 Å². The summed E-state index contributed by atoms with van der Waals surface area (Å²) < 4.78 is 0. The highest BCUT2D eigenvalue weighted by Gasteiger charge is 2.40. The third-order valence-electron chi connectivity index (χ3n) is 3.02. The van der Waals surface area contributed by atoms with E-state index >= 15 is 0 Å². The lowest BCUT2D eigenvalue weighted by atomic mass is 9.90. The summed E-state index contributed by atoms with van der Waals surface area (Å²) in [6, 6.07) is 10.7. The van der Waals surface area contributed by atoms with Gasteiger partial charge in [0.1, 0.15) is 0 Å². The molecule has 1 aromatic rings. The first-order valence-corrected chi connectivity index (χ1v) is 4.90. The van der Waals surface area contributed by atoms with E-state index in [1.807, 2.05) is 0 Å². The number of hydrogen-bond donors (Lipinski definition) is 0. The number of piperidine rings is 1. The summed E-state index contributed by atoms with van der Waals surface area (Å²) >= 11 is 0. The molecule has 2 heterocycles. The number of fused-ring (bicyclic) bond motifs is 2. The zero-order valence-electron chi connectivity index (χ0n) is 7.52. The Morgan fingerprint density at radius 3 is 2.69 bits per heavy atom. The van der Waals surface area contributed by atoms with Gasteiger partial charge in [0, 0.05) is 19.0 Å². The SMILES string of the molecule is c1ccc(C2CN3CCC2O3)cc1. The van der Waals surface area contributed by atoms with E-state index in [0.717, 1.165) is 13.1 Å². The minimum absolute atomic E-state index is 0.447. The molecule has 0 aliphatic carbocycles. The largest absolute Gasteiger partial charge is 0.295 e. The molecule has 2 heteroatoms. The van der Waals surface area contributed by atoms with Crippen molar-refractivity contribution < 1.29 is 4.84 Å². The third kappa shape index (κ3) is 1.18. The number of hydrogen-bond acceptors (Lipinski definition) is 2. The summed E-state index contributed by atoms with van der Waals surface area (Å²) in [6.45, 7) is 2.20. The second-order valence-corrected chi connectivity index (χ2v) is 3.84. The molecule has 0 radical (unpaired) electrons. The van der Waals surface area contributed by atoms with Crippen molar-refractivity contribution in [3.63, 3.8) is 0 Å². The minimum atomic E-state index is 0.447. The van der Waals surface area contributed by atoms with Crippen LogP contribution < -0.4 is 0 Å². The Hall–Kier alpha value is -0.860. The Morgan fingerprint density at radius 1 is 1.23 bits per heavy atom. The van der Waals surface area contributed by atoms with Gasteiger partial charge in [0.15, 0.2) is 0 Å². The molecule has 0 N–H and O–H groups in total. The topological polar surface area (TPSA) is 12.5 Å². The molecule has 3 unspecified atom stereocenters. The van der Waals surface area contributed by atoms with Crippen molar-refractivity contribution in [2.45, 2.75) is 18.4 Å². The van der Waals surface area contributed by atoms with Gasteiger partial charge >= 0.3 is 0 Å². The van der Waals surface area contributed by atoms with Crippen LogP contribution in [0, 0.1) is 0 Å². The van der Waals surface area contributed by atoms with E-state index in [9.17, 15) is 0 Å². The summed E-state index contributed by atoms with van der Waals surface area (Å²) in [4.78, 5) is 5.67. The maximum Gasteiger partial charge on any atom is 0.0887 e. The molecule has 0 aromatic heterocycles. The molecule has 3 rings (SSSR count). The van der Waals surface area contributed by atoms with Crippen molar-refractivity contribution in [3.8, 4) is 0 Å². The van der Waals surface area contributed by atoms with Crippen LogP contribution in [0.1, 0.15) is 17.9 Å². The van der Waals surface area contributed by atoms with Crippen LogP contribution in [0.15, 0.2) is 30.3 Å². The molecular formula is C11H13NO. The highest BCUT2D eigenvalue weighted by atomic mass is 16.7. The molecule has 2 aliphatic heterocycles. The number of rotatable bonds is 1. The van der Waals surface area contributed by atoms with Gasteiger partial charge in [-0.1, -0.05) is 30.3 Å². The van der Waals surface area contributed by atoms with Gasteiger partial charge in [-0.15, -0.1) is 0 Å². The van der Waals surface area contributed by atoms with Crippen LogP contribution in [-0.4, -0.2) is 24.3 Å². The second kappa shape index (κ2) is 2.82. The third-order valence-corrected chi connectivity index (χ3v) is 3.02. The maximum absolute atomic E-state index is 5.67. The first-order valence-electron chi connectivity index (χ1n) is 4.90. The van der Waals surface area contributed by atoms with Crippen LogP contribution in [0.3, 0.4) is 0 Å². The first-order chi connectivity index (χ1) is 6.43. The maximum atomic E-state index is 5.67. The first kappa shape index (κ1) is 7.54. The van der Waals surface area contributed by atoms with Crippen LogP contribution in [-0.2, 0) is 4.84 Å². The number of nitrogens with zero attached hydrogens (tertiary/aromatic N) is 1. The number of hydroxylamine groups is 2. The summed E-state index contributed by atoms with van der Waals surface area (Å²) in [7, 11) is 0. The van der Waals surface area contributed by atoms with Gasteiger partial charge in [0.2, 0.25) is 0 Å². The molecule has 0 saturated carbocycles. The lowest BCUT2D eigenvalue weighted by molar-refractivity contribution is -0.0908. The zero-order chi connectivity index (χ0) is 8.67. The van der Waals surface area contributed by atoms with Crippen LogP contribution in [0.5, 0.6) is 0 Å². The molecule has 2 aliphatic rings. The highest BCUT2D eigenvalue weighted by Crippen LogP contribution is 2.36. The normalized spacial score (nSPS) is 36.8. The quantitative estimate of drug-likeness (QED) is 0.645. The molecule has 2 saturated heterocycles. The monoisotopic (exact) mass is 175 g/mol. The smallest absolute Gasteiger partial charge is 0.0887 e. The van der Waals surface area contributed by atoms with Crippen molar-refractivity contribution in [2.24, 2.45) is 0 Å². The fourth-order valence-corrected chi connectivity index (χ4v) is 2.33. The lowest BCUT2D eigenvalue weighted by Gasteiger charge is -2.17. The van der Waals surface area contributed by atoms with Gasteiger partial charge in [-0.2, -0.15) is 5.06 Å². The summed E-state index contributed by atoms with van der Waals surface area (Å²) in [5.74, 6) is 0.606. The van der Waals surface area contributed by atoms with E-state index in [0.29, 0.717) is 12.0 Å². The van der Waals surface area contributed by atoms with E-state index in [-0.39, 0.29) is 0 Å². The Kier molecular flexibility index (Phi) is 1.64. The predicted molar refractivity (Wildman–Crippen MR) is 50.2 cm³/mol.